The Morgan fingerprint density at radius 3 is 2.50 bits per heavy atom. The van der Waals surface area contributed by atoms with E-state index in [1.807, 2.05) is 48.3 Å². The summed E-state index contributed by atoms with van der Waals surface area (Å²) in [5, 5.41) is 3.30. The van der Waals surface area contributed by atoms with Crippen LogP contribution in [-0.2, 0) is 6.54 Å². The topological polar surface area (TPSA) is 15.3 Å². The minimum absolute atomic E-state index is 0.196. The molecule has 2 nitrogen and oxygen atoms in total. The lowest BCUT2D eigenvalue weighted by molar-refractivity contribution is 0.619. The molecule has 2 rings (SSSR count). The zero-order valence-corrected chi connectivity index (χ0v) is 12.1. The number of nitrogens with one attached hydrogen (secondary N) is 1. The van der Waals surface area contributed by atoms with Gasteiger partial charge in [-0.25, -0.2) is 4.39 Å². The van der Waals surface area contributed by atoms with Crippen molar-refractivity contribution in [2.45, 2.75) is 19.9 Å². The van der Waals surface area contributed by atoms with Gasteiger partial charge < -0.3 is 10.2 Å². The fraction of sp³-hybridized carbons (Fsp3) is 0.294. The van der Waals surface area contributed by atoms with Crippen molar-refractivity contribution in [1.82, 2.24) is 5.32 Å². The van der Waals surface area contributed by atoms with Crippen LogP contribution in [0.4, 0.5) is 15.8 Å². The van der Waals surface area contributed by atoms with E-state index in [2.05, 4.69) is 12.2 Å². The molecule has 0 bridgehead atoms. The fourth-order valence-electron chi connectivity index (χ4n) is 2.14. The van der Waals surface area contributed by atoms with Gasteiger partial charge in [-0.3, -0.25) is 0 Å². The van der Waals surface area contributed by atoms with Gasteiger partial charge in [-0.15, -0.1) is 0 Å². The maximum atomic E-state index is 13.8. The number of benzene rings is 2. The van der Waals surface area contributed by atoms with Crippen LogP contribution in [0.25, 0.3) is 0 Å². The van der Waals surface area contributed by atoms with Crippen molar-refractivity contribution < 1.29 is 4.39 Å². The van der Waals surface area contributed by atoms with Crippen LogP contribution in [0.1, 0.15) is 18.9 Å². The van der Waals surface area contributed by atoms with Gasteiger partial charge in [-0.1, -0.05) is 25.1 Å². The summed E-state index contributed by atoms with van der Waals surface area (Å²) in [5.74, 6) is -0.196. The number of nitrogens with zero attached hydrogens (tertiary/aromatic N) is 1. The molecule has 0 fully saturated rings. The Morgan fingerprint density at radius 2 is 1.80 bits per heavy atom. The Morgan fingerprint density at radius 1 is 1.05 bits per heavy atom. The summed E-state index contributed by atoms with van der Waals surface area (Å²) in [6.07, 6.45) is 1.08. The second kappa shape index (κ2) is 7.06. The van der Waals surface area contributed by atoms with Gasteiger partial charge in [-0.05, 0) is 48.9 Å². The van der Waals surface area contributed by atoms with E-state index in [4.69, 9.17) is 0 Å². The monoisotopic (exact) mass is 272 g/mol. The fourth-order valence-corrected chi connectivity index (χ4v) is 2.14. The van der Waals surface area contributed by atoms with Gasteiger partial charge in [-0.2, -0.15) is 0 Å². The van der Waals surface area contributed by atoms with Crippen molar-refractivity contribution in [3.05, 3.63) is 59.9 Å². The van der Waals surface area contributed by atoms with E-state index in [1.54, 1.807) is 12.1 Å². The molecule has 2 aromatic carbocycles. The van der Waals surface area contributed by atoms with Crippen LogP contribution in [0.15, 0.2) is 48.5 Å². The molecule has 2 aromatic rings. The van der Waals surface area contributed by atoms with Gasteiger partial charge in [0.15, 0.2) is 0 Å². The van der Waals surface area contributed by atoms with E-state index in [1.165, 1.54) is 0 Å². The zero-order chi connectivity index (χ0) is 14.4. The summed E-state index contributed by atoms with van der Waals surface area (Å²) in [6.45, 7) is 3.76. The summed E-state index contributed by atoms with van der Waals surface area (Å²) < 4.78 is 13.8. The van der Waals surface area contributed by atoms with E-state index in [0.29, 0.717) is 6.54 Å². The highest BCUT2D eigenvalue weighted by Gasteiger charge is 2.07. The summed E-state index contributed by atoms with van der Waals surface area (Å²) in [4.78, 5) is 1.99. The standard InChI is InChI=1S/C17H21FN2/c1-3-9-19-13-14-10-15(18)12-17(11-14)20(2)16-7-5-4-6-8-16/h4-8,10-12,19H,3,9,13H2,1-2H3. The molecule has 0 aliphatic rings. The van der Waals surface area contributed by atoms with Crippen LogP contribution in [-0.4, -0.2) is 13.6 Å². The zero-order valence-electron chi connectivity index (χ0n) is 12.1. The largest absolute Gasteiger partial charge is 0.345 e. The minimum Gasteiger partial charge on any atom is -0.345 e. The maximum absolute atomic E-state index is 13.8. The average Bonchev–Trinajstić information content (AvgIpc) is 2.47. The van der Waals surface area contributed by atoms with Gasteiger partial charge in [0.1, 0.15) is 5.82 Å². The summed E-state index contributed by atoms with van der Waals surface area (Å²) in [5.41, 5.74) is 2.88. The van der Waals surface area contributed by atoms with E-state index in [0.717, 1.165) is 29.9 Å². The van der Waals surface area contributed by atoms with Crippen molar-refractivity contribution in [2.75, 3.05) is 18.5 Å². The average molecular weight is 272 g/mol. The van der Waals surface area contributed by atoms with Gasteiger partial charge >= 0.3 is 0 Å². The van der Waals surface area contributed by atoms with E-state index in [-0.39, 0.29) is 5.82 Å². The smallest absolute Gasteiger partial charge is 0.125 e. The van der Waals surface area contributed by atoms with Gasteiger partial charge in [0.25, 0.3) is 0 Å². The maximum Gasteiger partial charge on any atom is 0.125 e. The Hall–Kier alpha value is -1.87. The molecule has 3 heteroatoms. The van der Waals surface area contributed by atoms with Gasteiger partial charge in [0.05, 0.1) is 0 Å². The molecule has 0 heterocycles. The molecular formula is C17H21FN2. The third kappa shape index (κ3) is 3.81. The van der Waals surface area contributed by atoms with Crippen molar-refractivity contribution >= 4 is 11.4 Å². The third-order valence-electron chi connectivity index (χ3n) is 3.23. The number of anilines is 2. The van der Waals surface area contributed by atoms with E-state index < -0.39 is 0 Å². The van der Waals surface area contributed by atoms with Crippen molar-refractivity contribution in [3.8, 4) is 0 Å². The highest BCUT2D eigenvalue weighted by Crippen LogP contribution is 2.25. The van der Waals surface area contributed by atoms with Crippen LogP contribution >= 0.6 is 0 Å². The molecule has 0 aliphatic carbocycles. The van der Waals surface area contributed by atoms with Gasteiger partial charge in [0.2, 0.25) is 0 Å². The first kappa shape index (κ1) is 14.5. The molecule has 0 saturated carbocycles. The predicted molar refractivity (Wildman–Crippen MR) is 82.9 cm³/mol. The lowest BCUT2D eigenvalue weighted by Crippen LogP contribution is -2.15. The molecule has 0 aliphatic heterocycles. The summed E-state index contributed by atoms with van der Waals surface area (Å²) in [7, 11) is 1.95. The molecule has 106 valence electrons. The first-order chi connectivity index (χ1) is 9.70. The van der Waals surface area contributed by atoms with Crippen LogP contribution in [0.5, 0.6) is 0 Å². The van der Waals surface area contributed by atoms with Crippen LogP contribution in [0, 0.1) is 5.82 Å². The normalized spacial score (nSPS) is 10.6. The molecule has 0 unspecified atom stereocenters. The molecule has 1 N–H and O–H groups in total. The quantitative estimate of drug-likeness (QED) is 0.797. The summed E-state index contributed by atoms with van der Waals surface area (Å²) >= 11 is 0. The van der Waals surface area contributed by atoms with E-state index >= 15 is 0 Å². The summed E-state index contributed by atoms with van der Waals surface area (Å²) in [6, 6.07) is 15.1. The number of hydrogen-bond acceptors (Lipinski definition) is 2. The van der Waals surface area contributed by atoms with Crippen LogP contribution < -0.4 is 10.2 Å². The Kier molecular flexibility index (Phi) is 5.13. The highest BCUT2D eigenvalue weighted by atomic mass is 19.1. The Balaban J connectivity index is 2.19. The van der Waals surface area contributed by atoms with E-state index in [9.17, 15) is 4.39 Å². The highest BCUT2D eigenvalue weighted by molar-refractivity contribution is 5.63. The lowest BCUT2D eigenvalue weighted by atomic mass is 10.1. The molecule has 0 spiro atoms. The molecule has 0 radical (unpaired) electrons. The van der Waals surface area contributed by atoms with Crippen LogP contribution in [0.2, 0.25) is 0 Å². The lowest BCUT2D eigenvalue weighted by Gasteiger charge is -2.20. The Labute approximate surface area is 120 Å². The number of halogens is 1. The second-order valence-corrected chi connectivity index (χ2v) is 4.89. The second-order valence-electron chi connectivity index (χ2n) is 4.89. The number of para-hydroxylation sites is 1. The molecule has 20 heavy (non-hydrogen) atoms. The molecule has 0 saturated heterocycles. The van der Waals surface area contributed by atoms with Crippen LogP contribution in [0.3, 0.4) is 0 Å². The number of rotatable bonds is 6. The molecule has 0 amide bonds. The SMILES string of the molecule is CCCNCc1cc(F)cc(N(C)c2ccccc2)c1. The number of hydrogen-bond donors (Lipinski definition) is 1. The van der Waals surface area contributed by atoms with Gasteiger partial charge in [0, 0.05) is 25.0 Å². The molecular weight excluding hydrogens is 251 g/mol. The third-order valence-corrected chi connectivity index (χ3v) is 3.23. The molecule has 0 atom stereocenters. The van der Waals surface area contributed by atoms with Crippen molar-refractivity contribution in [3.63, 3.8) is 0 Å². The Bertz CT molecular complexity index is 540. The van der Waals surface area contributed by atoms with Crippen molar-refractivity contribution in [1.29, 1.82) is 0 Å². The first-order valence-corrected chi connectivity index (χ1v) is 6.99. The molecule has 0 aromatic heterocycles. The van der Waals surface area contributed by atoms with Crippen molar-refractivity contribution in [2.24, 2.45) is 0 Å². The minimum atomic E-state index is -0.196. The first-order valence-electron chi connectivity index (χ1n) is 6.99. The predicted octanol–water partition coefficient (Wildman–Crippen LogP) is 4.09.